The van der Waals surface area contributed by atoms with Crippen molar-refractivity contribution < 1.29 is 263 Å². The van der Waals surface area contributed by atoms with E-state index in [0.717, 1.165) is 0 Å². The number of hydrogen-bond donors (Lipinski definition) is 0. The molecule has 43 aliphatic rings. The van der Waals surface area contributed by atoms with Crippen molar-refractivity contribution in [1.82, 2.24) is 0 Å². The quantitative estimate of drug-likeness (QED) is 0.105. The van der Waals surface area contributed by atoms with Gasteiger partial charge in [0.15, 0.2) is 349 Å². The zero-order valence-corrected chi connectivity index (χ0v) is 67.7. The lowest BCUT2D eigenvalue weighted by molar-refractivity contribution is 0.430. The van der Waals surface area contributed by atoms with Crippen LogP contribution in [0.15, 0.2) is 0 Å². The van der Waals surface area contributed by atoms with Gasteiger partial charge in [0.05, 0.1) is 167 Å². The van der Waals surface area contributed by atoms with Crippen molar-refractivity contribution >= 4 is 0 Å². The lowest BCUT2D eigenvalue weighted by Crippen LogP contribution is -2.14. The summed E-state index contributed by atoms with van der Waals surface area (Å²) < 4.78 is 969. The van der Waals surface area contributed by atoms with E-state index in [9.17, 15) is 0 Å². The van der Waals surface area contributed by atoms with Crippen LogP contribution < -0.4 is 0 Å². The fourth-order valence-corrected chi connectivity index (χ4v) is 16.1. The van der Waals surface area contributed by atoms with E-state index in [1.54, 1.807) is 0 Å². The average Bonchev–Trinajstić information content (AvgIpc) is 0.715. The molecule has 0 amide bonds. The van der Waals surface area contributed by atoms with E-state index in [1.165, 1.54) is 0 Å². The van der Waals surface area contributed by atoms with Crippen molar-refractivity contribution in [3.63, 3.8) is 0 Å². The Labute approximate surface area is 777 Å². The predicted octanol–water partition coefficient (Wildman–Crippen LogP) is 33.4. The summed E-state index contributed by atoms with van der Waals surface area (Å²) in [6.45, 7) is 0. The van der Waals surface area contributed by atoms with E-state index in [0.29, 0.717) is 0 Å². The Morgan fingerprint density at radius 3 is 0.0600 bits per heavy atom. The summed E-state index contributed by atoms with van der Waals surface area (Å²) in [4.78, 5) is 0. The molecular weight excluding hydrogens is 2220 g/mol. The molecule has 15 aromatic carbocycles. The van der Waals surface area contributed by atoms with Crippen molar-refractivity contribution in [2.45, 2.75) is 0 Å². The molecule has 43 aliphatic carbocycles. The summed E-state index contributed by atoms with van der Waals surface area (Å²) in [5.41, 5.74) is -105. The van der Waals surface area contributed by atoms with Gasteiger partial charge >= 0.3 is 0 Å². The smallest absolute Gasteiger partial charge is 0.170 e. The molecule has 58 rings (SSSR count). The maximum atomic E-state index is 16.2. The van der Waals surface area contributed by atoms with Crippen molar-refractivity contribution in [2.24, 2.45) is 0 Å². The van der Waals surface area contributed by atoms with Gasteiger partial charge in [0.2, 0.25) is 0 Å². The molecule has 780 valence electrons. The molecule has 0 saturated carbocycles. The van der Waals surface area contributed by atoms with E-state index in [-0.39, 0.29) is 0 Å². The van der Waals surface area contributed by atoms with Gasteiger partial charge in [0.25, 0.3) is 0 Å². The van der Waals surface area contributed by atoms with Crippen LogP contribution in [0.4, 0.5) is 263 Å². The Morgan fingerprint density at radius 1 is 0.0333 bits per heavy atom. The van der Waals surface area contributed by atoms with Gasteiger partial charge in [-0.2, -0.15) is 0 Å². The molecule has 0 N–H and O–H groups in total. The van der Waals surface area contributed by atoms with Crippen molar-refractivity contribution in [3.05, 3.63) is 349 Å². The van der Waals surface area contributed by atoms with E-state index in [1.807, 2.05) is 0 Å². The number of halogens is 60. The van der Waals surface area contributed by atoms with E-state index >= 15 is 263 Å². The minimum absolute atomic E-state index is 3.50. The highest BCUT2D eigenvalue weighted by molar-refractivity contribution is 5.89. The molecule has 0 unspecified atom stereocenters. The molecule has 30 bridgehead atoms. The molecule has 150 heavy (non-hydrogen) atoms. The third kappa shape index (κ3) is 13.9. The normalized spacial score (nSPS) is 12.0. The van der Waals surface area contributed by atoms with Gasteiger partial charge in [-0.1, -0.05) is 0 Å². The predicted molar refractivity (Wildman–Crippen MR) is 379 cm³/mol. The van der Waals surface area contributed by atoms with Crippen LogP contribution >= 0.6 is 0 Å². The third-order valence-corrected chi connectivity index (χ3v) is 22.7. The summed E-state index contributed by atoms with van der Waals surface area (Å²) in [5.74, 6) is -234. The van der Waals surface area contributed by atoms with Gasteiger partial charge in [-0.3, -0.25) is 0 Å². The van der Waals surface area contributed by atoms with Crippen LogP contribution in [-0.4, -0.2) is 0 Å². The maximum absolute atomic E-state index is 16.2. The van der Waals surface area contributed by atoms with Crippen molar-refractivity contribution in [1.29, 1.82) is 0 Å². The van der Waals surface area contributed by atoms with Gasteiger partial charge in [0, 0.05) is 0 Å². The van der Waals surface area contributed by atoms with Crippen LogP contribution in [0.3, 0.4) is 0 Å². The Bertz CT molecular complexity index is 5980. The van der Waals surface area contributed by atoms with Crippen LogP contribution in [0, 0.1) is 349 Å². The third-order valence-electron chi connectivity index (χ3n) is 22.7. The molecule has 0 aliphatic heterocycles. The number of hydrogen-bond acceptors (Lipinski definition) is 0. The van der Waals surface area contributed by atoms with Crippen LogP contribution in [0.25, 0.3) is 167 Å². The molecule has 0 heterocycles. The minimum Gasteiger partial charge on any atom is -0.203 e. The standard InChI is InChI=1S/C90F60/c91-31-1-2-33(93)37(97)5(38(98)34(2)94)6-41(101)45(105)9(46(106)42(6)102)10-49(109)53(113)13(54(114)50(10)110)14-57(117)61(121)17(62(122)58(14)118)18-65(125)69(129)21(70(130)66(18)126)22-73(133)77(137)25(78(138)74(22)134)26-81(141)85(145)29(86(146)82(26)142)30-89(149)87(147)28(88(148)90(30)150)27-83(143)79(139)24(80(140)84(27)144)23-75(135)71(131)20(72(132)76(23)136)19-67(127)63(123)16(64(124)68(19)128)15-59(119)55(115)12(56(116)60(15)120)11-51(111)47(107)8(48(108)52(11)112)7-43(103)39(99)4(40(100)44(7)104)3(35(31)95)36(96)32(1)92. The Kier molecular flexibility index (Phi) is 25.6. The zero-order chi connectivity index (χ0) is 112. The highest BCUT2D eigenvalue weighted by atomic mass is 19.2. The molecular formula is C90F60. The largest absolute Gasteiger partial charge is 0.203 e. The Hall–Kier alpha value is -15.9. The number of benzene rings is 15. The van der Waals surface area contributed by atoms with Gasteiger partial charge in [0.1, 0.15) is 0 Å². The molecule has 0 nitrogen and oxygen atoms in total. The summed E-state index contributed by atoms with van der Waals surface area (Å²) in [7, 11) is 0. The minimum atomic E-state index is -3.91. The van der Waals surface area contributed by atoms with Crippen LogP contribution in [-0.2, 0) is 0 Å². The Balaban J connectivity index is 0.902. The van der Waals surface area contributed by atoms with Crippen LogP contribution in [0.5, 0.6) is 0 Å². The maximum Gasteiger partial charge on any atom is 0.170 e. The molecule has 0 fully saturated rings. The molecule has 0 spiro atoms. The fraction of sp³-hybridized carbons (Fsp3) is 0. The topological polar surface area (TPSA) is 0 Å². The highest BCUT2D eigenvalue weighted by Crippen LogP contribution is 2.57. The number of rotatable bonds is 0. The highest BCUT2D eigenvalue weighted by Gasteiger charge is 2.51. The fourth-order valence-electron chi connectivity index (χ4n) is 16.1. The molecule has 0 atom stereocenters. The second-order valence-corrected chi connectivity index (χ2v) is 30.1. The summed E-state index contributed by atoms with van der Waals surface area (Å²) in [6.07, 6.45) is 0. The zero-order valence-electron chi connectivity index (χ0n) is 67.7. The lowest BCUT2D eigenvalue weighted by Gasteiger charge is -2.20. The van der Waals surface area contributed by atoms with Crippen LogP contribution in [0.1, 0.15) is 0 Å². The van der Waals surface area contributed by atoms with E-state index in [2.05, 4.69) is 0 Å². The van der Waals surface area contributed by atoms with Crippen LogP contribution in [0.2, 0.25) is 0 Å². The summed E-state index contributed by atoms with van der Waals surface area (Å²) >= 11 is 0. The van der Waals surface area contributed by atoms with Crippen molar-refractivity contribution in [3.8, 4) is 167 Å². The molecule has 15 aromatic rings. The summed E-state index contributed by atoms with van der Waals surface area (Å²) in [5, 5.41) is 0. The average molecular weight is 2220 g/mol. The molecule has 0 radical (unpaired) electrons. The second kappa shape index (κ2) is 36.0. The lowest BCUT2D eigenvalue weighted by atomic mass is 9.89. The van der Waals surface area contributed by atoms with Gasteiger partial charge in [-0.25, -0.2) is 263 Å². The van der Waals surface area contributed by atoms with Gasteiger partial charge in [-0.05, 0) is 0 Å². The monoisotopic (exact) mass is 2220 g/mol. The van der Waals surface area contributed by atoms with Crippen molar-refractivity contribution in [2.75, 3.05) is 0 Å². The molecule has 0 aromatic heterocycles. The first-order chi connectivity index (χ1) is 69.6. The van der Waals surface area contributed by atoms with E-state index < -0.39 is 516 Å². The SMILES string of the molecule is Fc1c(F)c2c(F)c(F)c1-c1c(F)c(F)c(c(F)c1F)-c1c(F)c(F)c(c(F)c1F)-c1c(F)c(F)c(c(F)c1F)-c1c(F)c(F)c(c(F)c1F)-c1c(F)c(F)c(c(F)c1F)-c1c(F)c(F)c(c(F)c1F)-c1c(F)c(F)c(c(F)c1F)-c1c(F)c(F)c(c(F)c1F)-c1c(F)c(F)c(c(F)c1F)-c1c(F)c(F)c(c(F)c1F)-c1c(F)c(F)c(c(F)c1F)-c1c(F)c(F)c(c(F)c1F)-c1c(F)c(F)c(c(F)c1F)-c1c(F)c(F)c-2c(F)c1F. The summed E-state index contributed by atoms with van der Waals surface area (Å²) in [6, 6.07) is 0. The molecule has 60 heteroatoms. The first-order valence-electron chi connectivity index (χ1n) is 37.6. The first kappa shape index (κ1) is 107. The van der Waals surface area contributed by atoms with Gasteiger partial charge < -0.3 is 0 Å². The van der Waals surface area contributed by atoms with E-state index in [4.69, 9.17) is 0 Å². The van der Waals surface area contributed by atoms with Gasteiger partial charge in [-0.15, -0.1) is 0 Å². The Morgan fingerprint density at radius 2 is 0.0467 bits per heavy atom. The second-order valence-electron chi connectivity index (χ2n) is 30.1. The first-order valence-corrected chi connectivity index (χ1v) is 37.6. The molecule has 0 saturated heterocycles.